The van der Waals surface area contributed by atoms with Gasteiger partial charge in [0.1, 0.15) is 5.82 Å². The second-order valence-corrected chi connectivity index (χ2v) is 5.84. The molecule has 0 amide bonds. The summed E-state index contributed by atoms with van der Waals surface area (Å²) in [7, 11) is 0. The fraction of sp³-hybridized carbons (Fsp3) is 0.438. The van der Waals surface area contributed by atoms with E-state index in [-0.39, 0.29) is 5.41 Å². The van der Waals surface area contributed by atoms with Gasteiger partial charge in [0.15, 0.2) is 0 Å². The molecule has 1 aromatic heterocycles. The zero-order chi connectivity index (χ0) is 13.9. The highest BCUT2D eigenvalue weighted by molar-refractivity contribution is 5.58. The first-order chi connectivity index (χ1) is 9.04. The van der Waals surface area contributed by atoms with Crippen molar-refractivity contribution in [3.8, 4) is 11.3 Å². The molecular formula is C16H23N3. The largest absolute Gasteiger partial charge is 0.342 e. The molecule has 0 radical (unpaired) electrons. The summed E-state index contributed by atoms with van der Waals surface area (Å²) in [5, 5.41) is 0. The second kappa shape index (κ2) is 5.57. The van der Waals surface area contributed by atoms with Gasteiger partial charge in [-0.15, -0.1) is 0 Å². The van der Waals surface area contributed by atoms with Crippen LogP contribution >= 0.6 is 0 Å². The number of H-pyrrole nitrogens is 1. The smallest absolute Gasteiger partial charge is 0.107 e. The molecule has 0 unspecified atom stereocenters. The number of nitrogens with two attached hydrogens (primary N) is 1. The maximum Gasteiger partial charge on any atom is 0.107 e. The first-order valence-electron chi connectivity index (χ1n) is 6.87. The number of imidazole rings is 1. The third-order valence-corrected chi connectivity index (χ3v) is 3.50. The summed E-state index contributed by atoms with van der Waals surface area (Å²) in [6.45, 7) is 7.14. The van der Waals surface area contributed by atoms with Gasteiger partial charge < -0.3 is 10.7 Å². The number of nitrogens with one attached hydrogen (secondary N) is 1. The molecular weight excluding hydrogens is 234 g/mol. The molecule has 0 bridgehead atoms. The lowest BCUT2D eigenvalue weighted by atomic mass is 9.89. The van der Waals surface area contributed by atoms with Crippen molar-refractivity contribution in [1.29, 1.82) is 0 Å². The minimum Gasteiger partial charge on any atom is -0.342 e. The van der Waals surface area contributed by atoms with Crippen molar-refractivity contribution in [3.63, 3.8) is 0 Å². The van der Waals surface area contributed by atoms with Crippen molar-refractivity contribution in [3.05, 3.63) is 41.9 Å². The van der Waals surface area contributed by atoms with Crippen molar-refractivity contribution in [2.75, 3.05) is 6.54 Å². The molecule has 1 heterocycles. The molecule has 0 atom stereocenters. The molecule has 0 saturated heterocycles. The lowest BCUT2D eigenvalue weighted by molar-refractivity contribution is 0.369. The summed E-state index contributed by atoms with van der Waals surface area (Å²) >= 11 is 0. The number of benzene rings is 1. The summed E-state index contributed by atoms with van der Waals surface area (Å²) in [5.41, 5.74) is 9.46. The second-order valence-electron chi connectivity index (χ2n) is 5.84. The van der Waals surface area contributed by atoms with Gasteiger partial charge in [-0.3, -0.25) is 0 Å². The monoisotopic (exact) mass is 257 g/mol. The van der Waals surface area contributed by atoms with E-state index in [0.717, 1.165) is 24.4 Å². The summed E-state index contributed by atoms with van der Waals surface area (Å²) in [6.07, 6.45) is 3.85. The molecule has 3 nitrogen and oxygen atoms in total. The Morgan fingerprint density at radius 1 is 1.21 bits per heavy atom. The number of hydrogen-bond donors (Lipinski definition) is 2. The summed E-state index contributed by atoms with van der Waals surface area (Å²) < 4.78 is 0. The fourth-order valence-electron chi connectivity index (χ4n) is 2.04. The number of hydrogen-bond acceptors (Lipinski definition) is 2. The van der Waals surface area contributed by atoms with E-state index in [0.29, 0.717) is 6.54 Å². The molecule has 0 spiro atoms. The van der Waals surface area contributed by atoms with E-state index in [4.69, 9.17) is 5.73 Å². The van der Waals surface area contributed by atoms with Gasteiger partial charge in [-0.05, 0) is 29.5 Å². The molecule has 19 heavy (non-hydrogen) atoms. The minimum absolute atomic E-state index is 0.0845. The molecule has 0 aliphatic carbocycles. The van der Waals surface area contributed by atoms with Gasteiger partial charge in [-0.25, -0.2) is 4.98 Å². The predicted molar refractivity (Wildman–Crippen MR) is 79.9 cm³/mol. The topological polar surface area (TPSA) is 54.7 Å². The Balaban J connectivity index is 2.16. The normalized spacial score (nSPS) is 11.8. The lowest BCUT2D eigenvalue weighted by Crippen LogP contribution is -2.26. The first kappa shape index (κ1) is 13.8. The highest BCUT2D eigenvalue weighted by atomic mass is 14.9. The number of aryl methyl sites for hydroxylation is 1. The molecule has 2 rings (SSSR count). The maximum atomic E-state index is 5.76. The van der Waals surface area contributed by atoms with Crippen LogP contribution in [0.5, 0.6) is 0 Å². The van der Waals surface area contributed by atoms with Gasteiger partial charge in [0.2, 0.25) is 0 Å². The van der Waals surface area contributed by atoms with Gasteiger partial charge >= 0.3 is 0 Å². The van der Waals surface area contributed by atoms with Crippen LogP contribution in [-0.2, 0) is 12.8 Å². The Bertz CT molecular complexity index is 523. The minimum atomic E-state index is 0.0845. The fourth-order valence-corrected chi connectivity index (χ4v) is 2.04. The Labute approximate surface area is 115 Å². The summed E-state index contributed by atoms with van der Waals surface area (Å²) in [6, 6.07) is 8.62. The van der Waals surface area contributed by atoms with Crippen LogP contribution in [0.2, 0.25) is 0 Å². The van der Waals surface area contributed by atoms with Crippen LogP contribution in [0.15, 0.2) is 30.5 Å². The third-order valence-electron chi connectivity index (χ3n) is 3.50. The van der Waals surface area contributed by atoms with Crippen LogP contribution in [0, 0.1) is 5.41 Å². The van der Waals surface area contributed by atoms with Crippen molar-refractivity contribution < 1.29 is 0 Å². The van der Waals surface area contributed by atoms with Crippen LogP contribution in [0.3, 0.4) is 0 Å². The van der Waals surface area contributed by atoms with Crippen LogP contribution in [0.25, 0.3) is 11.3 Å². The highest BCUT2D eigenvalue weighted by Gasteiger charge is 2.18. The number of aromatic amines is 1. The Hall–Kier alpha value is -1.61. The molecule has 1 aromatic carbocycles. The number of nitrogens with zero attached hydrogens (tertiary/aromatic N) is 1. The Morgan fingerprint density at radius 2 is 1.89 bits per heavy atom. The Kier molecular flexibility index (Phi) is 4.05. The number of rotatable bonds is 5. The van der Waals surface area contributed by atoms with Crippen LogP contribution < -0.4 is 5.73 Å². The van der Waals surface area contributed by atoms with Crippen LogP contribution in [-0.4, -0.2) is 16.5 Å². The van der Waals surface area contributed by atoms with E-state index in [1.165, 1.54) is 11.1 Å². The maximum absolute atomic E-state index is 5.76. The van der Waals surface area contributed by atoms with E-state index in [2.05, 4.69) is 55.0 Å². The first-order valence-corrected chi connectivity index (χ1v) is 6.87. The predicted octanol–water partition coefficient (Wildman–Crippen LogP) is 3.17. The SMILES string of the molecule is CCc1ccc(-c2cnc(CC(C)(C)CN)[nH]2)cc1. The highest BCUT2D eigenvalue weighted by Crippen LogP contribution is 2.22. The molecule has 102 valence electrons. The van der Waals surface area contributed by atoms with Crippen molar-refractivity contribution in [1.82, 2.24) is 9.97 Å². The molecule has 0 fully saturated rings. The van der Waals surface area contributed by atoms with Gasteiger partial charge in [-0.2, -0.15) is 0 Å². The van der Waals surface area contributed by atoms with Gasteiger partial charge in [-0.1, -0.05) is 45.0 Å². The molecule has 3 N–H and O–H groups in total. The van der Waals surface area contributed by atoms with E-state index < -0.39 is 0 Å². The molecule has 0 aliphatic rings. The van der Waals surface area contributed by atoms with Gasteiger partial charge in [0, 0.05) is 6.42 Å². The molecule has 0 saturated carbocycles. The lowest BCUT2D eigenvalue weighted by Gasteiger charge is -2.20. The zero-order valence-corrected chi connectivity index (χ0v) is 12.0. The van der Waals surface area contributed by atoms with Crippen molar-refractivity contribution in [2.45, 2.75) is 33.6 Å². The average Bonchev–Trinajstić information content (AvgIpc) is 2.86. The standard InChI is InChI=1S/C16H23N3/c1-4-12-5-7-13(8-6-12)14-10-18-15(19-14)9-16(2,3)11-17/h5-8,10H,4,9,11,17H2,1-3H3,(H,18,19). The van der Waals surface area contributed by atoms with Crippen LogP contribution in [0.4, 0.5) is 0 Å². The zero-order valence-electron chi connectivity index (χ0n) is 12.0. The van der Waals surface area contributed by atoms with E-state index in [1.807, 2.05) is 6.20 Å². The van der Waals surface area contributed by atoms with Gasteiger partial charge in [0.05, 0.1) is 11.9 Å². The quantitative estimate of drug-likeness (QED) is 0.864. The molecule has 2 aromatic rings. The summed E-state index contributed by atoms with van der Waals surface area (Å²) in [4.78, 5) is 7.85. The third kappa shape index (κ3) is 3.44. The van der Waals surface area contributed by atoms with Crippen molar-refractivity contribution >= 4 is 0 Å². The van der Waals surface area contributed by atoms with Crippen LogP contribution in [0.1, 0.15) is 32.2 Å². The van der Waals surface area contributed by atoms with Gasteiger partial charge in [0.25, 0.3) is 0 Å². The van der Waals surface area contributed by atoms with E-state index >= 15 is 0 Å². The van der Waals surface area contributed by atoms with E-state index in [9.17, 15) is 0 Å². The molecule has 3 heteroatoms. The van der Waals surface area contributed by atoms with E-state index in [1.54, 1.807) is 0 Å². The number of aromatic nitrogens is 2. The average molecular weight is 257 g/mol. The Morgan fingerprint density at radius 3 is 2.47 bits per heavy atom. The van der Waals surface area contributed by atoms with Crippen molar-refractivity contribution in [2.24, 2.45) is 11.1 Å². The summed E-state index contributed by atoms with van der Waals surface area (Å²) in [5.74, 6) is 1.00. The molecule has 0 aliphatic heterocycles.